The van der Waals surface area contributed by atoms with Gasteiger partial charge in [0.1, 0.15) is 0 Å². The monoisotopic (exact) mass is 180 g/mol. The van der Waals surface area contributed by atoms with E-state index >= 15 is 0 Å². The van der Waals surface area contributed by atoms with Crippen LogP contribution in [0, 0.1) is 0 Å². The fraction of sp³-hybridized carbons (Fsp3) is 0.400. The minimum Gasteiger partial charge on any atom is -0.356 e. The molecule has 0 radical (unpaired) electrons. The number of fused-ring (bicyclic) bond motifs is 1. The van der Waals surface area contributed by atoms with Crippen LogP contribution in [0.15, 0.2) is 29.2 Å². The molecule has 3 heteroatoms. The number of aromatic nitrogens is 2. The van der Waals surface area contributed by atoms with Crippen molar-refractivity contribution in [3.05, 3.63) is 24.7 Å². The highest BCUT2D eigenvalue weighted by atomic mass is 16.5. The van der Waals surface area contributed by atoms with Gasteiger partial charge in [-0.05, 0) is 0 Å². The van der Waals surface area contributed by atoms with Crippen LogP contribution in [0.4, 0.5) is 0 Å². The summed E-state index contributed by atoms with van der Waals surface area (Å²) in [6, 6.07) is 1.78. The molecule has 2 rings (SSSR count). The maximum atomic E-state index is 4.83. The maximum absolute atomic E-state index is 4.83. The highest BCUT2D eigenvalue weighted by molar-refractivity contribution is 5.73. The fourth-order valence-corrected chi connectivity index (χ4v) is 0.714. The minimum atomic E-state index is 0.782. The Balaban J connectivity index is 0.000000322. The first-order valence-electron chi connectivity index (χ1n) is 4.61. The average Bonchev–Trinajstić information content (AvgIpc) is 2.71. The molecule has 72 valence electrons. The van der Waals surface area contributed by atoms with Gasteiger partial charge in [-0.25, -0.2) is 0 Å². The maximum Gasteiger partial charge on any atom is 0.169 e. The molecule has 2 aromatic heterocycles. The predicted octanol–water partition coefficient (Wildman–Crippen LogP) is 3.28. The lowest BCUT2D eigenvalue weighted by atomic mass is 10.4. The highest BCUT2D eigenvalue weighted by Crippen LogP contribution is 2.08. The third kappa shape index (κ3) is 3.23. The molecular formula is C10H16N2O. The highest BCUT2D eigenvalue weighted by Gasteiger charge is 1.92. The summed E-state index contributed by atoms with van der Waals surface area (Å²) in [7, 11) is 0. The molecule has 0 unspecified atom stereocenters. The number of rotatable bonds is 0. The zero-order valence-electron chi connectivity index (χ0n) is 8.61. The molecule has 0 atom stereocenters. The molecule has 0 bridgehead atoms. The number of pyridine rings is 1. The molecule has 0 aromatic carbocycles. The van der Waals surface area contributed by atoms with Crippen LogP contribution < -0.4 is 0 Å². The van der Waals surface area contributed by atoms with E-state index in [4.69, 9.17) is 4.52 Å². The Bertz CT molecular complexity index is 287. The van der Waals surface area contributed by atoms with Gasteiger partial charge < -0.3 is 4.52 Å². The van der Waals surface area contributed by atoms with Gasteiger partial charge in [0.05, 0.1) is 11.6 Å². The van der Waals surface area contributed by atoms with Crippen molar-refractivity contribution in [2.75, 3.05) is 0 Å². The van der Waals surface area contributed by atoms with Crippen molar-refractivity contribution >= 4 is 11.0 Å². The van der Waals surface area contributed by atoms with Crippen molar-refractivity contribution in [1.82, 2.24) is 10.1 Å². The molecule has 0 fully saturated rings. The third-order valence-electron chi connectivity index (χ3n) is 1.15. The largest absolute Gasteiger partial charge is 0.356 e. The Morgan fingerprint density at radius 2 is 1.77 bits per heavy atom. The molecular weight excluding hydrogens is 164 g/mol. The molecule has 0 saturated heterocycles. The first-order valence-corrected chi connectivity index (χ1v) is 4.61. The van der Waals surface area contributed by atoms with Crippen LogP contribution in [0.3, 0.4) is 0 Å². The molecule has 0 saturated carbocycles. The van der Waals surface area contributed by atoms with Crippen molar-refractivity contribution in [2.45, 2.75) is 27.7 Å². The molecule has 0 amide bonds. The lowest BCUT2D eigenvalue weighted by molar-refractivity contribution is 0.456. The van der Waals surface area contributed by atoms with E-state index in [1.165, 1.54) is 0 Å². The van der Waals surface area contributed by atoms with Crippen LogP contribution >= 0.6 is 0 Å². The van der Waals surface area contributed by atoms with Crippen molar-refractivity contribution < 1.29 is 4.52 Å². The smallest absolute Gasteiger partial charge is 0.169 e. The predicted molar refractivity (Wildman–Crippen MR) is 54.5 cm³/mol. The molecule has 3 nitrogen and oxygen atoms in total. The summed E-state index contributed by atoms with van der Waals surface area (Å²) < 4.78 is 4.83. The van der Waals surface area contributed by atoms with E-state index in [0.717, 1.165) is 11.0 Å². The summed E-state index contributed by atoms with van der Waals surface area (Å²) in [6.45, 7) is 8.00. The van der Waals surface area contributed by atoms with Crippen molar-refractivity contribution in [2.24, 2.45) is 0 Å². The Morgan fingerprint density at radius 1 is 1.08 bits per heavy atom. The summed E-state index contributed by atoms with van der Waals surface area (Å²) in [5.74, 6) is 0. The SMILES string of the molecule is CC.CC.c1cc2oncc2cn1. The van der Waals surface area contributed by atoms with Crippen LogP contribution in [0.25, 0.3) is 11.0 Å². The molecule has 2 heterocycles. The van der Waals surface area contributed by atoms with Gasteiger partial charge in [0.15, 0.2) is 5.58 Å². The summed E-state index contributed by atoms with van der Waals surface area (Å²) in [6.07, 6.45) is 5.03. The Kier molecular flexibility index (Phi) is 6.51. The van der Waals surface area contributed by atoms with Crippen LogP contribution in [0.2, 0.25) is 0 Å². The van der Waals surface area contributed by atoms with E-state index in [1.807, 2.05) is 27.7 Å². The fourth-order valence-electron chi connectivity index (χ4n) is 0.714. The first kappa shape index (κ1) is 11.6. The summed E-state index contributed by atoms with van der Waals surface area (Å²) >= 11 is 0. The molecule has 2 aromatic rings. The first-order chi connectivity index (χ1) is 6.47. The van der Waals surface area contributed by atoms with E-state index in [0.29, 0.717) is 0 Å². The van der Waals surface area contributed by atoms with Gasteiger partial charge in [0.25, 0.3) is 0 Å². The van der Waals surface area contributed by atoms with Gasteiger partial charge in [-0.3, -0.25) is 4.98 Å². The van der Waals surface area contributed by atoms with E-state index in [1.54, 1.807) is 24.7 Å². The van der Waals surface area contributed by atoms with Crippen molar-refractivity contribution in [3.8, 4) is 0 Å². The second kappa shape index (κ2) is 7.28. The van der Waals surface area contributed by atoms with E-state index in [-0.39, 0.29) is 0 Å². The van der Waals surface area contributed by atoms with Crippen LogP contribution in [0.1, 0.15) is 27.7 Å². The average molecular weight is 180 g/mol. The number of hydrogen-bond acceptors (Lipinski definition) is 3. The van der Waals surface area contributed by atoms with Crippen molar-refractivity contribution in [3.63, 3.8) is 0 Å². The number of hydrogen-bond donors (Lipinski definition) is 0. The summed E-state index contributed by atoms with van der Waals surface area (Å²) in [5.41, 5.74) is 0.782. The van der Waals surface area contributed by atoms with Crippen LogP contribution in [-0.4, -0.2) is 10.1 Å². The second-order valence-corrected chi connectivity index (χ2v) is 1.74. The Hall–Kier alpha value is -1.38. The topological polar surface area (TPSA) is 38.9 Å². The lowest BCUT2D eigenvalue weighted by Crippen LogP contribution is -1.65. The molecule has 0 aliphatic heterocycles. The molecule has 0 aliphatic rings. The Morgan fingerprint density at radius 3 is 2.38 bits per heavy atom. The van der Waals surface area contributed by atoms with Gasteiger partial charge in [0.2, 0.25) is 0 Å². The second-order valence-electron chi connectivity index (χ2n) is 1.74. The molecule has 13 heavy (non-hydrogen) atoms. The standard InChI is InChI=1S/C6H4N2O.2C2H6/c1-2-7-3-5-4-8-9-6(1)5;2*1-2/h1-4H;2*1-2H3. The zero-order chi connectivity index (χ0) is 10.1. The molecule has 0 spiro atoms. The zero-order valence-corrected chi connectivity index (χ0v) is 8.61. The van der Waals surface area contributed by atoms with Gasteiger partial charge >= 0.3 is 0 Å². The summed E-state index contributed by atoms with van der Waals surface area (Å²) in [4.78, 5) is 3.89. The van der Waals surface area contributed by atoms with Gasteiger partial charge in [0, 0.05) is 18.5 Å². The minimum absolute atomic E-state index is 0.782. The van der Waals surface area contributed by atoms with Gasteiger partial charge in [-0.1, -0.05) is 32.9 Å². The van der Waals surface area contributed by atoms with Crippen LogP contribution in [0.5, 0.6) is 0 Å². The van der Waals surface area contributed by atoms with Gasteiger partial charge in [-0.2, -0.15) is 0 Å². The number of nitrogens with zero attached hydrogens (tertiary/aromatic N) is 2. The molecule has 0 aliphatic carbocycles. The van der Waals surface area contributed by atoms with E-state index in [2.05, 4.69) is 10.1 Å². The quantitative estimate of drug-likeness (QED) is 0.624. The van der Waals surface area contributed by atoms with Crippen LogP contribution in [-0.2, 0) is 0 Å². The van der Waals surface area contributed by atoms with E-state index < -0.39 is 0 Å². The molecule has 0 N–H and O–H groups in total. The van der Waals surface area contributed by atoms with Gasteiger partial charge in [-0.15, -0.1) is 0 Å². The Labute approximate surface area is 78.8 Å². The van der Waals surface area contributed by atoms with E-state index in [9.17, 15) is 0 Å². The third-order valence-corrected chi connectivity index (χ3v) is 1.15. The summed E-state index contributed by atoms with van der Waals surface area (Å²) in [5, 5.41) is 4.53. The van der Waals surface area contributed by atoms with Crippen molar-refractivity contribution in [1.29, 1.82) is 0 Å². The normalized spacial score (nSPS) is 8.00. The lowest BCUT2D eigenvalue weighted by Gasteiger charge is -1.78.